The van der Waals surface area contributed by atoms with Gasteiger partial charge in [-0.15, -0.1) is 0 Å². The van der Waals surface area contributed by atoms with E-state index in [0.29, 0.717) is 0 Å². The minimum absolute atomic E-state index is 0.968. The van der Waals surface area contributed by atoms with Crippen molar-refractivity contribution in [2.75, 3.05) is 13.6 Å². The van der Waals surface area contributed by atoms with Gasteiger partial charge in [-0.1, -0.05) is 22.0 Å². The lowest BCUT2D eigenvalue weighted by Gasteiger charge is -2.02. The monoisotopic (exact) mass is 267 g/mol. The zero-order valence-corrected chi connectivity index (χ0v) is 10.5. The first-order chi connectivity index (χ1) is 7.24. The summed E-state index contributed by atoms with van der Waals surface area (Å²) >= 11 is 3.58. The third kappa shape index (κ3) is 1.92. The number of rotatable bonds is 3. The van der Waals surface area contributed by atoms with E-state index in [1.54, 1.807) is 0 Å². The lowest BCUT2D eigenvalue weighted by molar-refractivity contribution is 0.688. The number of benzene rings is 1. The van der Waals surface area contributed by atoms with Gasteiger partial charge in [-0.05, 0) is 19.2 Å². The van der Waals surface area contributed by atoms with Gasteiger partial charge in [0.2, 0.25) is 0 Å². The molecule has 0 atom stereocenters. The first-order valence-corrected chi connectivity index (χ1v) is 5.78. The van der Waals surface area contributed by atoms with Gasteiger partial charge in [-0.25, -0.2) is 0 Å². The molecule has 0 aliphatic rings. The van der Waals surface area contributed by atoms with E-state index in [1.165, 1.54) is 11.1 Å². The zero-order chi connectivity index (χ0) is 10.8. The van der Waals surface area contributed by atoms with Crippen LogP contribution in [0, 0.1) is 0 Å². The number of likely N-dealkylation sites (N-methyl/N-ethyl adjacent to an activating group) is 1. The molecule has 1 N–H and O–H groups in total. The number of nitrogens with one attached hydrogen (secondary N) is 1. The smallest absolute Gasteiger partial charge is 0.0937 e. The Kier molecular flexibility index (Phi) is 3.07. The van der Waals surface area contributed by atoms with Crippen LogP contribution in [0.25, 0.3) is 10.9 Å². The number of aryl methyl sites for hydroxylation is 1. The third-order valence-electron chi connectivity index (χ3n) is 2.54. The van der Waals surface area contributed by atoms with Gasteiger partial charge in [0.15, 0.2) is 0 Å². The van der Waals surface area contributed by atoms with E-state index in [4.69, 9.17) is 0 Å². The normalized spacial score (nSPS) is 11.1. The maximum Gasteiger partial charge on any atom is 0.0937 e. The molecule has 0 amide bonds. The predicted octanol–water partition coefficient (Wildman–Crippen LogP) is 2.10. The lowest BCUT2D eigenvalue weighted by Crippen LogP contribution is -2.12. The average Bonchev–Trinajstić information content (AvgIpc) is 2.53. The molecule has 0 aliphatic heterocycles. The topological polar surface area (TPSA) is 29.9 Å². The molecule has 0 bridgehead atoms. The van der Waals surface area contributed by atoms with Gasteiger partial charge in [-0.2, -0.15) is 5.10 Å². The molecule has 0 saturated heterocycles. The molecule has 0 saturated carbocycles. The maximum atomic E-state index is 4.49. The first-order valence-electron chi connectivity index (χ1n) is 4.98. The summed E-state index contributed by atoms with van der Waals surface area (Å²) in [6.45, 7) is 0.968. The quantitative estimate of drug-likeness (QED) is 0.923. The Bertz CT molecular complexity index is 476. The van der Waals surface area contributed by atoms with Gasteiger partial charge in [0.05, 0.1) is 5.52 Å². The molecule has 0 aliphatic carbocycles. The molecule has 0 spiro atoms. The highest BCUT2D eigenvalue weighted by Gasteiger charge is 2.10. The van der Waals surface area contributed by atoms with E-state index in [0.717, 1.165) is 23.0 Å². The van der Waals surface area contributed by atoms with Crippen molar-refractivity contribution >= 4 is 26.8 Å². The van der Waals surface area contributed by atoms with E-state index < -0.39 is 0 Å². The van der Waals surface area contributed by atoms with Crippen molar-refractivity contribution in [3.8, 4) is 0 Å². The molecule has 0 fully saturated rings. The number of halogens is 1. The van der Waals surface area contributed by atoms with Crippen LogP contribution in [-0.4, -0.2) is 23.4 Å². The fourth-order valence-electron chi connectivity index (χ4n) is 1.80. The Morgan fingerprint density at radius 2 is 2.27 bits per heavy atom. The van der Waals surface area contributed by atoms with E-state index in [-0.39, 0.29) is 0 Å². The summed E-state index contributed by atoms with van der Waals surface area (Å²) in [6, 6.07) is 6.12. The van der Waals surface area contributed by atoms with Crippen molar-refractivity contribution in [1.82, 2.24) is 15.1 Å². The molecule has 1 aromatic carbocycles. The van der Waals surface area contributed by atoms with Crippen LogP contribution in [-0.2, 0) is 13.5 Å². The molecule has 4 heteroatoms. The van der Waals surface area contributed by atoms with Crippen molar-refractivity contribution in [3.05, 3.63) is 28.4 Å². The van der Waals surface area contributed by atoms with Crippen molar-refractivity contribution in [3.63, 3.8) is 0 Å². The lowest BCUT2D eigenvalue weighted by atomic mass is 10.1. The molecule has 15 heavy (non-hydrogen) atoms. The Morgan fingerprint density at radius 3 is 3.00 bits per heavy atom. The fourth-order valence-corrected chi connectivity index (χ4v) is 2.38. The van der Waals surface area contributed by atoms with Gasteiger partial charge in [0.25, 0.3) is 0 Å². The van der Waals surface area contributed by atoms with Crippen LogP contribution >= 0.6 is 15.9 Å². The summed E-state index contributed by atoms with van der Waals surface area (Å²) in [6.07, 6.45) is 0.992. The predicted molar refractivity (Wildman–Crippen MR) is 66.0 cm³/mol. The van der Waals surface area contributed by atoms with Gasteiger partial charge in [0, 0.05) is 35.6 Å². The highest BCUT2D eigenvalue weighted by molar-refractivity contribution is 9.10. The minimum Gasteiger partial charge on any atom is -0.319 e. The largest absolute Gasteiger partial charge is 0.319 e. The van der Waals surface area contributed by atoms with E-state index in [1.807, 2.05) is 30.9 Å². The van der Waals surface area contributed by atoms with Crippen LogP contribution in [0.1, 0.15) is 5.69 Å². The zero-order valence-electron chi connectivity index (χ0n) is 8.92. The molecule has 1 heterocycles. The van der Waals surface area contributed by atoms with Crippen LogP contribution < -0.4 is 5.32 Å². The van der Waals surface area contributed by atoms with Gasteiger partial charge < -0.3 is 5.32 Å². The van der Waals surface area contributed by atoms with E-state index in [2.05, 4.69) is 32.4 Å². The van der Waals surface area contributed by atoms with E-state index >= 15 is 0 Å². The standard InChI is InChI=1S/C11H14BrN3/c1-13-7-6-10-11-8(12)4-3-5-9(11)14-15(10)2/h3-5,13H,6-7H2,1-2H3. The van der Waals surface area contributed by atoms with Crippen LogP contribution in [0.15, 0.2) is 22.7 Å². The second-order valence-corrected chi connectivity index (χ2v) is 4.41. The van der Waals surface area contributed by atoms with Crippen molar-refractivity contribution in [1.29, 1.82) is 0 Å². The van der Waals surface area contributed by atoms with Crippen LogP contribution in [0.2, 0.25) is 0 Å². The molecule has 80 valence electrons. The molecule has 3 nitrogen and oxygen atoms in total. The van der Waals surface area contributed by atoms with Crippen LogP contribution in [0.3, 0.4) is 0 Å². The van der Waals surface area contributed by atoms with Gasteiger partial charge in [-0.3, -0.25) is 4.68 Å². The number of aromatic nitrogens is 2. The second kappa shape index (κ2) is 4.33. The Morgan fingerprint density at radius 1 is 1.47 bits per heavy atom. The average molecular weight is 268 g/mol. The molecule has 2 aromatic rings. The van der Waals surface area contributed by atoms with Gasteiger partial charge >= 0.3 is 0 Å². The highest BCUT2D eigenvalue weighted by Crippen LogP contribution is 2.26. The Labute approximate surface area is 97.6 Å². The molecule has 0 unspecified atom stereocenters. The summed E-state index contributed by atoms with van der Waals surface area (Å²) in [5.41, 5.74) is 2.32. The first kappa shape index (κ1) is 10.6. The van der Waals surface area contributed by atoms with Crippen LogP contribution in [0.4, 0.5) is 0 Å². The summed E-state index contributed by atoms with van der Waals surface area (Å²) in [5.74, 6) is 0. The minimum atomic E-state index is 0.968. The van der Waals surface area contributed by atoms with E-state index in [9.17, 15) is 0 Å². The maximum absolute atomic E-state index is 4.49. The van der Waals surface area contributed by atoms with Crippen molar-refractivity contribution < 1.29 is 0 Å². The van der Waals surface area contributed by atoms with Crippen molar-refractivity contribution in [2.45, 2.75) is 6.42 Å². The third-order valence-corrected chi connectivity index (χ3v) is 3.20. The Balaban J connectivity index is 2.55. The number of hydrogen-bond acceptors (Lipinski definition) is 2. The number of hydrogen-bond donors (Lipinski definition) is 1. The summed E-state index contributed by atoms with van der Waals surface area (Å²) in [4.78, 5) is 0. The van der Waals surface area contributed by atoms with Gasteiger partial charge in [0.1, 0.15) is 0 Å². The summed E-state index contributed by atoms with van der Waals surface area (Å²) in [5, 5.41) is 8.88. The molecular formula is C11H14BrN3. The molecule has 0 radical (unpaired) electrons. The van der Waals surface area contributed by atoms with Crippen molar-refractivity contribution in [2.24, 2.45) is 7.05 Å². The summed E-state index contributed by atoms with van der Waals surface area (Å²) < 4.78 is 3.09. The molecular weight excluding hydrogens is 254 g/mol. The number of nitrogens with zero attached hydrogens (tertiary/aromatic N) is 2. The van der Waals surface area contributed by atoms with Crippen LogP contribution in [0.5, 0.6) is 0 Å². The number of fused-ring (bicyclic) bond motifs is 1. The Hall–Kier alpha value is -0.870. The fraction of sp³-hybridized carbons (Fsp3) is 0.364. The highest BCUT2D eigenvalue weighted by atomic mass is 79.9. The summed E-state index contributed by atoms with van der Waals surface area (Å²) in [7, 11) is 3.96. The molecule has 1 aromatic heterocycles. The molecule has 2 rings (SSSR count). The SMILES string of the molecule is CNCCc1c2c(Br)cccc2nn1C. The second-order valence-electron chi connectivity index (χ2n) is 3.56.